The summed E-state index contributed by atoms with van der Waals surface area (Å²) < 4.78 is 12.5. The molecule has 0 aromatic carbocycles. The van der Waals surface area contributed by atoms with Crippen LogP contribution in [0.5, 0.6) is 0 Å². The van der Waals surface area contributed by atoms with Crippen LogP contribution in [-0.4, -0.2) is 44.3 Å². The third kappa shape index (κ3) is 5.39. The summed E-state index contributed by atoms with van der Waals surface area (Å²) in [4.78, 5) is 0. The number of aromatic nitrogens is 2. The molecule has 16 heavy (non-hydrogen) atoms. The summed E-state index contributed by atoms with van der Waals surface area (Å²) in [5, 5.41) is 16.1. The first kappa shape index (κ1) is 13.3. The Bertz CT molecular complexity index is 328. The van der Waals surface area contributed by atoms with Crippen LogP contribution in [-0.2, 0) is 23.9 Å². The third-order valence-corrected chi connectivity index (χ3v) is 2.99. The zero-order valence-electron chi connectivity index (χ0n) is 9.56. The average Bonchev–Trinajstić information content (AvgIpc) is 2.65. The lowest BCUT2D eigenvalue weighted by Crippen LogP contribution is -2.16. The zero-order chi connectivity index (χ0) is 11.8. The molecule has 6 heteroatoms. The smallest absolute Gasteiger partial charge is 0.0640 e. The molecule has 2 N–H and O–H groups in total. The second-order valence-corrected chi connectivity index (χ2v) is 5.20. The number of aliphatic hydroxyl groups excluding tert-OH is 1. The second kappa shape index (κ2) is 7.54. The Labute approximate surface area is 98.3 Å². The molecular weight excluding hydrogens is 226 g/mol. The number of rotatable bonds is 8. The van der Waals surface area contributed by atoms with Crippen molar-refractivity contribution in [3.05, 3.63) is 18.0 Å². The lowest BCUT2D eigenvalue weighted by molar-refractivity contribution is 0.269. The van der Waals surface area contributed by atoms with Crippen LogP contribution in [0.1, 0.15) is 12.0 Å². The highest BCUT2D eigenvalue weighted by atomic mass is 32.2. The molecule has 0 aliphatic heterocycles. The molecule has 0 saturated carbocycles. The molecule has 1 unspecified atom stereocenters. The highest BCUT2D eigenvalue weighted by molar-refractivity contribution is 7.84. The van der Waals surface area contributed by atoms with E-state index in [1.54, 1.807) is 17.1 Å². The molecule has 0 bridgehead atoms. The van der Waals surface area contributed by atoms with Crippen LogP contribution in [0.3, 0.4) is 0 Å². The van der Waals surface area contributed by atoms with E-state index in [-0.39, 0.29) is 6.61 Å². The van der Waals surface area contributed by atoms with Gasteiger partial charge in [-0.25, -0.2) is 0 Å². The summed E-state index contributed by atoms with van der Waals surface area (Å²) in [6.07, 6.45) is 6.36. The van der Waals surface area contributed by atoms with Crippen molar-refractivity contribution in [2.75, 3.05) is 25.2 Å². The van der Waals surface area contributed by atoms with Gasteiger partial charge in [0.15, 0.2) is 0 Å². The Morgan fingerprint density at radius 1 is 1.62 bits per heavy atom. The first-order valence-electron chi connectivity index (χ1n) is 5.35. The first-order valence-corrected chi connectivity index (χ1v) is 7.08. The minimum absolute atomic E-state index is 0.108. The van der Waals surface area contributed by atoms with Gasteiger partial charge in [0.1, 0.15) is 0 Å². The topological polar surface area (TPSA) is 67.2 Å². The van der Waals surface area contributed by atoms with E-state index in [2.05, 4.69) is 10.4 Å². The van der Waals surface area contributed by atoms with Crippen LogP contribution in [0.4, 0.5) is 0 Å². The van der Waals surface area contributed by atoms with E-state index in [0.29, 0.717) is 6.54 Å². The van der Waals surface area contributed by atoms with Crippen LogP contribution in [0.2, 0.25) is 0 Å². The maximum absolute atomic E-state index is 10.8. The fourth-order valence-corrected chi connectivity index (χ4v) is 1.91. The van der Waals surface area contributed by atoms with Crippen LogP contribution < -0.4 is 5.32 Å². The number of aliphatic hydroxyl groups is 1. The lowest BCUT2D eigenvalue weighted by atomic mass is 10.3. The molecule has 1 atom stereocenters. The number of hydrogen-bond acceptors (Lipinski definition) is 4. The third-order valence-electron chi connectivity index (χ3n) is 2.13. The van der Waals surface area contributed by atoms with E-state index < -0.39 is 10.8 Å². The van der Waals surface area contributed by atoms with Gasteiger partial charge in [0, 0.05) is 41.1 Å². The van der Waals surface area contributed by atoms with E-state index >= 15 is 0 Å². The maximum atomic E-state index is 10.8. The van der Waals surface area contributed by atoms with Crippen molar-refractivity contribution in [2.24, 2.45) is 0 Å². The van der Waals surface area contributed by atoms with E-state index in [4.69, 9.17) is 5.11 Å². The molecule has 1 aromatic rings. The Hall–Kier alpha value is -0.720. The highest BCUT2D eigenvalue weighted by Crippen LogP contribution is 1.96. The van der Waals surface area contributed by atoms with Crippen LogP contribution in [0.25, 0.3) is 0 Å². The van der Waals surface area contributed by atoms with Gasteiger partial charge in [-0.2, -0.15) is 5.10 Å². The standard InChI is InChI=1S/C10H19N3O2S/c1-16(15)6-2-3-11-7-10-8-12-13(9-10)4-5-14/h8-9,11,14H,2-7H2,1H3. The van der Waals surface area contributed by atoms with Crippen LogP contribution in [0, 0.1) is 0 Å². The van der Waals surface area contributed by atoms with Crippen molar-refractivity contribution in [2.45, 2.75) is 19.5 Å². The van der Waals surface area contributed by atoms with E-state index in [1.165, 1.54) is 0 Å². The molecule has 92 valence electrons. The fraction of sp³-hybridized carbons (Fsp3) is 0.700. The van der Waals surface area contributed by atoms with Gasteiger partial charge in [0.2, 0.25) is 0 Å². The van der Waals surface area contributed by atoms with Gasteiger partial charge in [-0.3, -0.25) is 8.89 Å². The molecule has 5 nitrogen and oxygen atoms in total. The van der Waals surface area contributed by atoms with E-state index in [1.807, 2.05) is 6.20 Å². The molecule has 0 saturated heterocycles. The van der Waals surface area contributed by atoms with Crippen molar-refractivity contribution in [1.82, 2.24) is 15.1 Å². The normalized spacial score (nSPS) is 12.9. The molecule has 0 spiro atoms. The van der Waals surface area contributed by atoms with E-state index in [9.17, 15) is 4.21 Å². The lowest BCUT2D eigenvalue weighted by Gasteiger charge is -2.01. The number of nitrogens with zero attached hydrogens (tertiary/aromatic N) is 2. The van der Waals surface area contributed by atoms with Crippen molar-refractivity contribution < 1.29 is 9.32 Å². The number of hydrogen-bond donors (Lipinski definition) is 2. The molecule has 0 amide bonds. The molecule has 0 radical (unpaired) electrons. The molecule has 1 heterocycles. The average molecular weight is 245 g/mol. The van der Waals surface area contributed by atoms with Crippen molar-refractivity contribution in [3.63, 3.8) is 0 Å². The van der Waals surface area contributed by atoms with Gasteiger partial charge in [-0.05, 0) is 13.0 Å². The van der Waals surface area contributed by atoms with Gasteiger partial charge < -0.3 is 10.4 Å². The van der Waals surface area contributed by atoms with Gasteiger partial charge in [-0.1, -0.05) is 0 Å². The second-order valence-electron chi connectivity index (χ2n) is 3.64. The minimum atomic E-state index is -0.696. The van der Waals surface area contributed by atoms with Crippen LogP contribution in [0.15, 0.2) is 12.4 Å². The summed E-state index contributed by atoms with van der Waals surface area (Å²) >= 11 is 0. The number of nitrogens with one attached hydrogen (secondary N) is 1. The summed E-state index contributed by atoms with van der Waals surface area (Å²) in [6, 6.07) is 0. The summed E-state index contributed by atoms with van der Waals surface area (Å²) in [6.45, 7) is 2.28. The van der Waals surface area contributed by atoms with Gasteiger partial charge in [0.25, 0.3) is 0 Å². The largest absolute Gasteiger partial charge is 0.394 e. The molecule has 0 fully saturated rings. The Morgan fingerprint density at radius 2 is 2.44 bits per heavy atom. The molecule has 0 aliphatic rings. The fourth-order valence-electron chi connectivity index (χ4n) is 1.36. The summed E-state index contributed by atoms with van der Waals surface area (Å²) in [7, 11) is -0.696. The SMILES string of the molecule is CS(=O)CCCNCc1cnn(CCO)c1. The zero-order valence-corrected chi connectivity index (χ0v) is 10.4. The highest BCUT2D eigenvalue weighted by Gasteiger charge is 1.98. The Morgan fingerprint density at radius 3 is 3.12 bits per heavy atom. The first-order chi connectivity index (χ1) is 7.72. The van der Waals surface area contributed by atoms with Crippen molar-refractivity contribution in [1.29, 1.82) is 0 Å². The minimum Gasteiger partial charge on any atom is -0.394 e. The molecule has 1 rings (SSSR count). The summed E-state index contributed by atoms with van der Waals surface area (Å²) in [5.41, 5.74) is 1.10. The Kier molecular flexibility index (Phi) is 6.29. The van der Waals surface area contributed by atoms with Crippen molar-refractivity contribution in [3.8, 4) is 0 Å². The molecular formula is C10H19N3O2S. The predicted molar refractivity (Wildman–Crippen MR) is 64.6 cm³/mol. The monoisotopic (exact) mass is 245 g/mol. The predicted octanol–water partition coefficient (Wildman–Crippen LogP) is -0.266. The quantitative estimate of drug-likeness (QED) is 0.619. The van der Waals surface area contributed by atoms with Gasteiger partial charge in [0.05, 0.1) is 19.3 Å². The van der Waals surface area contributed by atoms with Gasteiger partial charge in [-0.15, -0.1) is 0 Å². The molecule has 1 aromatic heterocycles. The molecule has 0 aliphatic carbocycles. The Balaban J connectivity index is 2.14. The van der Waals surface area contributed by atoms with Crippen molar-refractivity contribution >= 4 is 10.8 Å². The van der Waals surface area contributed by atoms with Gasteiger partial charge >= 0.3 is 0 Å². The summed E-state index contributed by atoms with van der Waals surface area (Å²) in [5.74, 6) is 0.747. The van der Waals surface area contributed by atoms with E-state index in [0.717, 1.165) is 30.8 Å². The van der Waals surface area contributed by atoms with Crippen LogP contribution >= 0.6 is 0 Å². The maximum Gasteiger partial charge on any atom is 0.0640 e.